The van der Waals surface area contributed by atoms with Crippen LogP contribution in [0.4, 0.5) is 0 Å². The van der Waals surface area contributed by atoms with Gasteiger partial charge >= 0.3 is 0 Å². The molecule has 0 N–H and O–H groups in total. The average Bonchev–Trinajstić information content (AvgIpc) is 3.18. The second-order valence-corrected chi connectivity index (χ2v) is 6.48. The molecule has 0 aliphatic carbocycles. The van der Waals surface area contributed by atoms with Crippen molar-refractivity contribution >= 4 is 0 Å². The lowest BCUT2D eigenvalue weighted by Gasteiger charge is -2.19. The lowest BCUT2D eigenvalue weighted by molar-refractivity contribution is 0.202. The first-order valence-electron chi connectivity index (χ1n) is 7.94. The van der Waals surface area contributed by atoms with Crippen LogP contribution in [0, 0.1) is 0 Å². The Morgan fingerprint density at radius 2 is 1.91 bits per heavy atom. The maximum Gasteiger partial charge on any atom is 0.240 e. The maximum absolute atomic E-state index is 5.35. The molecule has 2 aromatic heterocycles. The van der Waals surface area contributed by atoms with E-state index >= 15 is 0 Å². The first-order chi connectivity index (χ1) is 10.5. The lowest BCUT2D eigenvalue weighted by Crippen LogP contribution is -2.23. The summed E-state index contributed by atoms with van der Waals surface area (Å²) < 4.78 is 10.7. The van der Waals surface area contributed by atoms with Crippen molar-refractivity contribution in [3.63, 3.8) is 0 Å². The number of aromatic nitrogens is 4. The van der Waals surface area contributed by atoms with Crippen LogP contribution in [0.1, 0.15) is 81.8 Å². The second-order valence-electron chi connectivity index (χ2n) is 6.48. The lowest BCUT2D eigenvalue weighted by atomic mass is 10.2. The first kappa shape index (κ1) is 15.1. The van der Waals surface area contributed by atoms with Gasteiger partial charge < -0.3 is 9.05 Å². The highest BCUT2D eigenvalue weighted by Crippen LogP contribution is 2.32. The zero-order valence-electron chi connectivity index (χ0n) is 13.6. The minimum absolute atomic E-state index is 0.172. The molecule has 0 amide bonds. The highest BCUT2D eigenvalue weighted by atomic mass is 16.5. The quantitative estimate of drug-likeness (QED) is 0.839. The van der Waals surface area contributed by atoms with Crippen LogP contribution in [0.3, 0.4) is 0 Å². The molecule has 0 bridgehead atoms. The van der Waals surface area contributed by atoms with Crippen molar-refractivity contribution in [2.75, 3.05) is 6.54 Å². The first-order valence-corrected chi connectivity index (χ1v) is 7.94. The fraction of sp³-hybridized carbons (Fsp3) is 0.733. The Bertz CT molecular complexity index is 619. The zero-order valence-corrected chi connectivity index (χ0v) is 13.6. The Hall–Kier alpha value is -1.76. The van der Waals surface area contributed by atoms with E-state index < -0.39 is 0 Å². The van der Waals surface area contributed by atoms with Gasteiger partial charge in [0, 0.05) is 11.8 Å². The molecule has 0 saturated carbocycles. The van der Waals surface area contributed by atoms with Crippen LogP contribution < -0.4 is 0 Å². The summed E-state index contributed by atoms with van der Waals surface area (Å²) in [6, 6.07) is 0.172. The van der Waals surface area contributed by atoms with Crippen LogP contribution in [0.2, 0.25) is 0 Å². The number of likely N-dealkylation sites (tertiary alicyclic amines) is 1. The van der Waals surface area contributed by atoms with Gasteiger partial charge in [-0.05, 0) is 19.4 Å². The van der Waals surface area contributed by atoms with Gasteiger partial charge in [0.05, 0.1) is 12.6 Å². The molecule has 22 heavy (non-hydrogen) atoms. The third-order valence-corrected chi connectivity index (χ3v) is 3.95. The summed E-state index contributed by atoms with van der Waals surface area (Å²) in [5.41, 5.74) is 0. The molecule has 7 heteroatoms. The standard InChI is InChI=1S/C15H23N5O2/c1-9(2)13-16-12(21-18-13)8-20-7-5-6-11(20)14-17-15(10(3)4)22-19-14/h9-11H,5-8H2,1-4H3/t11-/m1/s1. The largest absolute Gasteiger partial charge is 0.339 e. The summed E-state index contributed by atoms with van der Waals surface area (Å²) in [6.45, 7) is 9.83. The summed E-state index contributed by atoms with van der Waals surface area (Å²) in [5.74, 6) is 3.40. The molecule has 2 aromatic rings. The molecule has 0 spiro atoms. The van der Waals surface area contributed by atoms with Crippen molar-refractivity contribution in [1.82, 2.24) is 25.2 Å². The van der Waals surface area contributed by atoms with Gasteiger partial charge in [0.15, 0.2) is 11.6 Å². The van der Waals surface area contributed by atoms with E-state index in [1.807, 2.05) is 0 Å². The Kier molecular flexibility index (Phi) is 4.24. The van der Waals surface area contributed by atoms with Crippen molar-refractivity contribution in [2.24, 2.45) is 0 Å². The number of hydrogen-bond acceptors (Lipinski definition) is 7. The summed E-state index contributed by atoms with van der Waals surface area (Å²) >= 11 is 0. The van der Waals surface area contributed by atoms with Crippen molar-refractivity contribution in [3.05, 3.63) is 23.4 Å². The molecule has 3 heterocycles. The topological polar surface area (TPSA) is 81.1 Å². The highest BCUT2D eigenvalue weighted by Gasteiger charge is 2.31. The van der Waals surface area contributed by atoms with Crippen LogP contribution in [0.5, 0.6) is 0 Å². The zero-order chi connectivity index (χ0) is 15.7. The van der Waals surface area contributed by atoms with E-state index in [1.165, 1.54) is 0 Å². The Morgan fingerprint density at radius 1 is 1.09 bits per heavy atom. The molecule has 0 aromatic carbocycles. The molecule has 1 atom stereocenters. The van der Waals surface area contributed by atoms with Crippen LogP contribution in [0.25, 0.3) is 0 Å². The third kappa shape index (κ3) is 3.04. The fourth-order valence-corrected chi connectivity index (χ4v) is 2.67. The SMILES string of the molecule is CC(C)c1noc(CN2CCC[C@@H]2c2noc(C(C)C)n2)n1. The molecular weight excluding hydrogens is 282 g/mol. The average molecular weight is 305 g/mol. The van der Waals surface area contributed by atoms with Crippen molar-refractivity contribution in [3.8, 4) is 0 Å². The second kappa shape index (κ2) is 6.16. The van der Waals surface area contributed by atoms with Gasteiger partial charge in [-0.2, -0.15) is 9.97 Å². The van der Waals surface area contributed by atoms with E-state index in [1.54, 1.807) is 0 Å². The Balaban J connectivity index is 1.72. The molecule has 1 fully saturated rings. The molecule has 0 unspecified atom stereocenters. The molecule has 0 radical (unpaired) electrons. The van der Waals surface area contributed by atoms with Gasteiger partial charge in [-0.15, -0.1) is 0 Å². The van der Waals surface area contributed by atoms with E-state index in [2.05, 4.69) is 52.9 Å². The summed E-state index contributed by atoms with van der Waals surface area (Å²) in [7, 11) is 0. The van der Waals surface area contributed by atoms with E-state index in [0.717, 1.165) is 31.0 Å². The van der Waals surface area contributed by atoms with Crippen LogP contribution in [-0.2, 0) is 6.54 Å². The maximum atomic E-state index is 5.35. The number of hydrogen-bond donors (Lipinski definition) is 0. The van der Waals surface area contributed by atoms with Gasteiger partial charge in [-0.1, -0.05) is 38.0 Å². The third-order valence-electron chi connectivity index (χ3n) is 3.95. The van der Waals surface area contributed by atoms with Gasteiger partial charge in [0.2, 0.25) is 11.8 Å². The summed E-state index contributed by atoms with van der Waals surface area (Å²) in [6.07, 6.45) is 2.14. The van der Waals surface area contributed by atoms with E-state index in [9.17, 15) is 0 Å². The molecule has 7 nitrogen and oxygen atoms in total. The monoisotopic (exact) mass is 305 g/mol. The van der Waals surface area contributed by atoms with Crippen molar-refractivity contribution < 1.29 is 9.05 Å². The molecule has 1 saturated heterocycles. The minimum Gasteiger partial charge on any atom is -0.339 e. The Morgan fingerprint density at radius 3 is 2.55 bits per heavy atom. The summed E-state index contributed by atoms with van der Waals surface area (Å²) in [5, 5.41) is 8.17. The minimum atomic E-state index is 0.172. The van der Waals surface area contributed by atoms with Gasteiger partial charge in [0.1, 0.15) is 0 Å². The predicted molar refractivity (Wildman–Crippen MR) is 79.2 cm³/mol. The smallest absolute Gasteiger partial charge is 0.240 e. The van der Waals surface area contributed by atoms with Gasteiger partial charge in [-0.3, -0.25) is 4.90 Å². The number of rotatable bonds is 5. The molecule has 120 valence electrons. The highest BCUT2D eigenvalue weighted by molar-refractivity contribution is 5.01. The van der Waals surface area contributed by atoms with Gasteiger partial charge in [-0.25, -0.2) is 0 Å². The van der Waals surface area contributed by atoms with E-state index in [-0.39, 0.29) is 17.9 Å². The van der Waals surface area contributed by atoms with E-state index in [0.29, 0.717) is 18.3 Å². The van der Waals surface area contributed by atoms with Crippen LogP contribution in [-0.4, -0.2) is 31.7 Å². The van der Waals surface area contributed by atoms with Crippen LogP contribution in [0.15, 0.2) is 9.05 Å². The molecule has 1 aliphatic rings. The van der Waals surface area contributed by atoms with Crippen LogP contribution >= 0.6 is 0 Å². The molecule has 3 rings (SSSR count). The normalized spacial score (nSPS) is 19.6. The van der Waals surface area contributed by atoms with Crippen molar-refractivity contribution in [2.45, 2.75) is 65.0 Å². The Labute approximate surface area is 130 Å². The summed E-state index contributed by atoms with van der Waals surface area (Å²) in [4.78, 5) is 11.3. The van der Waals surface area contributed by atoms with Crippen molar-refractivity contribution in [1.29, 1.82) is 0 Å². The molecule has 1 aliphatic heterocycles. The van der Waals surface area contributed by atoms with Gasteiger partial charge in [0.25, 0.3) is 0 Å². The molecular formula is C15H23N5O2. The predicted octanol–water partition coefficient (Wildman–Crippen LogP) is 3.04. The fourth-order valence-electron chi connectivity index (χ4n) is 2.67. The number of nitrogens with zero attached hydrogens (tertiary/aromatic N) is 5. The van der Waals surface area contributed by atoms with E-state index in [4.69, 9.17) is 9.05 Å².